The summed E-state index contributed by atoms with van der Waals surface area (Å²) >= 11 is 6.06. The minimum Gasteiger partial charge on any atom is -0.436 e. The van der Waals surface area contributed by atoms with E-state index in [2.05, 4.69) is 15.3 Å². The van der Waals surface area contributed by atoms with Crippen LogP contribution in [0.3, 0.4) is 0 Å². The molecule has 0 saturated heterocycles. The lowest BCUT2D eigenvalue weighted by atomic mass is 10.2. The molecule has 0 spiro atoms. The Morgan fingerprint density at radius 2 is 2.17 bits per heavy atom. The molecule has 0 aliphatic carbocycles. The monoisotopic (exact) mass is 263 g/mol. The van der Waals surface area contributed by atoms with Gasteiger partial charge in [0.15, 0.2) is 0 Å². The van der Waals surface area contributed by atoms with E-state index in [0.29, 0.717) is 23.2 Å². The van der Waals surface area contributed by atoms with Gasteiger partial charge in [0.25, 0.3) is 0 Å². The number of rotatable bonds is 4. The summed E-state index contributed by atoms with van der Waals surface area (Å²) in [5.41, 5.74) is 1.90. The van der Waals surface area contributed by atoms with Gasteiger partial charge in [0.05, 0.1) is 16.9 Å². The molecule has 0 aliphatic rings. The highest BCUT2D eigenvalue weighted by Gasteiger charge is 2.05. The number of nitrogens with one attached hydrogen (secondary N) is 1. The minimum atomic E-state index is 0.440. The first-order chi connectivity index (χ1) is 8.69. The van der Waals surface area contributed by atoms with Crippen molar-refractivity contribution in [3.05, 3.63) is 46.9 Å². The van der Waals surface area contributed by atoms with Gasteiger partial charge in [0.2, 0.25) is 5.88 Å². The van der Waals surface area contributed by atoms with Gasteiger partial charge in [-0.3, -0.25) is 4.98 Å². The van der Waals surface area contributed by atoms with Crippen molar-refractivity contribution in [1.29, 1.82) is 0 Å². The first-order valence-electron chi connectivity index (χ1n) is 5.58. The number of benzene rings is 1. The first-order valence-corrected chi connectivity index (χ1v) is 5.96. The molecule has 4 nitrogen and oxygen atoms in total. The van der Waals surface area contributed by atoms with E-state index in [0.717, 1.165) is 11.3 Å². The molecule has 94 valence electrons. The summed E-state index contributed by atoms with van der Waals surface area (Å²) in [6.07, 6.45) is 3.26. The fourth-order valence-electron chi connectivity index (χ4n) is 1.50. The van der Waals surface area contributed by atoms with Crippen LogP contribution in [0.4, 0.5) is 0 Å². The van der Waals surface area contributed by atoms with Gasteiger partial charge >= 0.3 is 0 Å². The maximum atomic E-state index is 6.06. The van der Waals surface area contributed by atoms with Gasteiger partial charge < -0.3 is 10.1 Å². The zero-order valence-corrected chi connectivity index (χ0v) is 11.0. The molecule has 1 N–H and O–H groups in total. The van der Waals surface area contributed by atoms with Crippen molar-refractivity contribution >= 4 is 11.6 Å². The Balaban J connectivity index is 2.22. The molecule has 0 fully saturated rings. The van der Waals surface area contributed by atoms with Crippen molar-refractivity contribution in [2.75, 3.05) is 7.05 Å². The third kappa shape index (κ3) is 3.18. The van der Waals surface area contributed by atoms with E-state index in [1.165, 1.54) is 0 Å². The van der Waals surface area contributed by atoms with Gasteiger partial charge in [-0.05, 0) is 31.7 Å². The van der Waals surface area contributed by atoms with Crippen LogP contribution in [0, 0.1) is 6.92 Å². The molecule has 0 bridgehead atoms. The topological polar surface area (TPSA) is 47.0 Å². The highest BCUT2D eigenvalue weighted by atomic mass is 35.5. The third-order valence-corrected chi connectivity index (χ3v) is 2.63. The minimum absolute atomic E-state index is 0.440. The highest BCUT2D eigenvalue weighted by molar-refractivity contribution is 6.32. The normalized spacial score (nSPS) is 10.4. The molecule has 0 amide bonds. The maximum absolute atomic E-state index is 6.06. The Morgan fingerprint density at radius 3 is 2.94 bits per heavy atom. The summed E-state index contributed by atoms with van der Waals surface area (Å²) in [5, 5.41) is 3.57. The quantitative estimate of drug-likeness (QED) is 0.921. The second-order valence-electron chi connectivity index (χ2n) is 3.91. The Morgan fingerprint density at radius 1 is 1.33 bits per heavy atom. The van der Waals surface area contributed by atoms with Gasteiger partial charge in [0.1, 0.15) is 5.75 Å². The molecule has 0 aliphatic heterocycles. The molecular weight excluding hydrogens is 250 g/mol. The summed E-state index contributed by atoms with van der Waals surface area (Å²) in [7, 11) is 1.85. The molecule has 1 aromatic heterocycles. The third-order valence-electron chi connectivity index (χ3n) is 2.32. The van der Waals surface area contributed by atoms with Crippen LogP contribution in [0.1, 0.15) is 11.3 Å². The van der Waals surface area contributed by atoms with Crippen LogP contribution in [-0.2, 0) is 6.54 Å². The molecule has 5 heteroatoms. The highest BCUT2D eigenvalue weighted by Crippen LogP contribution is 2.28. The standard InChI is InChI=1S/C13H14ClN3O/c1-9-3-4-11(14)12(5-9)18-13-8-16-7-10(17-13)6-15-2/h3-5,7-8,15H,6H2,1-2H3. The van der Waals surface area contributed by atoms with Gasteiger partial charge in [-0.2, -0.15) is 0 Å². The van der Waals surface area contributed by atoms with Gasteiger partial charge in [-0.15, -0.1) is 0 Å². The predicted molar refractivity (Wildman–Crippen MR) is 71.1 cm³/mol. The lowest BCUT2D eigenvalue weighted by Gasteiger charge is -2.08. The molecule has 1 heterocycles. The summed E-state index contributed by atoms with van der Waals surface area (Å²) in [6.45, 7) is 2.62. The number of hydrogen-bond donors (Lipinski definition) is 1. The van der Waals surface area contributed by atoms with Crippen LogP contribution >= 0.6 is 11.6 Å². The van der Waals surface area contributed by atoms with E-state index >= 15 is 0 Å². The number of hydrogen-bond acceptors (Lipinski definition) is 4. The van der Waals surface area contributed by atoms with Crippen LogP contribution in [0.25, 0.3) is 0 Å². The predicted octanol–water partition coefficient (Wildman–Crippen LogP) is 2.95. The van der Waals surface area contributed by atoms with Crippen LogP contribution in [-0.4, -0.2) is 17.0 Å². The summed E-state index contributed by atoms with van der Waals surface area (Å²) in [4.78, 5) is 8.40. The van der Waals surface area contributed by atoms with E-state index in [1.807, 2.05) is 26.1 Å². The number of nitrogens with zero attached hydrogens (tertiary/aromatic N) is 2. The number of ether oxygens (including phenoxy) is 1. The first kappa shape index (κ1) is 12.8. The summed E-state index contributed by atoms with van der Waals surface area (Å²) < 4.78 is 5.64. The molecular formula is C13H14ClN3O. The lowest BCUT2D eigenvalue weighted by Crippen LogP contribution is -2.07. The molecule has 1 aromatic carbocycles. The van der Waals surface area contributed by atoms with Crippen LogP contribution in [0.5, 0.6) is 11.6 Å². The van der Waals surface area contributed by atoms with Crippen molar-refractivity contribution in [2.24, 2.45) is 0 Å². The fraction of sp³-hybridized carbons (Fsp3) is 0.231. The summed E-state index contributed by atoms with van der Waals surface area (Å²) in [5.74, 6) is 1.03. The molecule has 0 unspecified atom stereocenters. The Kier molecular flexibility index (Phi) is 4.12. The molecule has 2 rings (SSSR count). The lowest BCUT2D eigenvalue weighted by molar-refractivity contribution is 0.457. The van der Waals surface area contributed by atoms with E-state index in [-0.39, 0.29) is 0 Å². The van der Waals surface area contributed by atoms with Crippen molar-refractivity contribution in [3.8, 4) is 11.6 Å². The van der Waals surface area contributed by atoms with Gasteiger partial charge in [0, 0.05) is 12.7 Å². The van der Waals surface area contributed by atoms with Crippen molar-refractivity contribution in [1.82, 2.24) is 15.3 Å². The Bertz CT molecular complexity index is 546. The molecule has 0 atom stereocenters. The molecule has 2 aromatic rings. The largest absolute Gasteiger partial charge is 0.436 e. The van der Waals surface area contributed by atoms with Crippen molar-refractivity contribution < 1.29 is 4.74 Å². The fourth-order valence-corrected chi connectivity index (χ4v) is 1.66. The second-order valence-corrected chi connectivity index (χ2v) is 4.32. The zero-order chi connectivity index (χ0) is 13.0. The van der Waals surface area contributed by atoms with Gasteiger partial charge in [-0.25, -0.2) is 4.98 Å². The number of aromatic nitrogens is 2. The SMILES string of the molecule is CNCc1cncc(Oc2cc(C)ccc2Cl)n1. The Hall–Kier alpha value is -1.65. The van der Waals surface area contributed by atoms with E-state index in [9.17, 15) is 0 Å². The smallest absolute Gasteiger partial charge is 0.238 e. The molecule has 0 radical (unpaired) electrons. The second kappa shape index (κ2) is 5.80. The molecule has 0 saturated carbocycles. The van der Waals surface area contributed by atoms with Crippen LogP contribution in [0.2, 0.25) is 5.02 Å². The maximum Gasteiger partial charge on any atom is 0.238 e. The number of aryl methyl sites for hydroxylation is 1. The van der Waals surface area contributed by atoms with Crippen LogP contribution in [0.15, 0.2) is 30.6 Å². The van der Waals surface area contributed by atoms with Crippen molar-refractivity contribution in [2.45, 2.75) is 13.5 Å². The summed E-state index contributed by atoms with van der Waals surface area (Å²) in [6, 6.07) is 5.60. The van der Waals surface area contributed by atoms with E-state index in [4.69, 9.17) is 16.3 Å². The zero-order valence-electron chi connectivity index (χ0n) is 10.3. The molecule has 18 heavy (non-hydrogen) atoms. The van der Waals surface area contributed by atoms with Crippen LogP contribution < -0.4 is 10.1 Å². The van der Waals surface area contributed by atoms with Crippen molar-refractivity contribution in [3.63, 3.8) is 0 Å². The van der Waals surface area contributed by atoms with Gasteiger partial charge in [-0.1, -0.05) is 17.7 Å². The number of halogens is 1. The van der Waals surface area contributed by atoms with E-state index in [1.54, 1.807) is 18.5 Å². The average molecular weight is 264 g/mol. The Labute approximate surface area is 111 Å². The van der Waals surface area contributed by atoms with E-state index < -0.39 is 0 Å². The average Bonchev–Trinajstić information content (AvgIpc) is 2.35.